The summed E-state index contributed by atoms with van der Waals surface area (Å²) in [6, 6.07) is 18.3. The third-order valence-corrected chi connectivity index (χ3v) is 6.86. The summed E-state index contributed by atoms with van der Waals surface area (Å²) >= 11 is 0. The molecule has 9 heteroatoms. The van der Waals surface area contributed by atoms with Gasteiger partial charge in [0.25, 0.3) is 0 Å². The quantitative estimate of drug-likeness (QED) is 0.434. The summed E-state index contributed by atoms with van der Waals surface area (Å²) in [6.07, 6.45) is 2.99. The van der Waals surface area contributed by atoms with Gasteiger partial charge in [-0.15, -0.1) is 10.2 Å². The molecule has 4 aromatic rings. The number of nitriles is 1. The molecule has 1 amide bonds. The smallest absolute Gasteiger partial charge is 0.407 e. The fourth-order valence-corrected chi connectivity index (χ4v) is 4.99. The third kappa shape index (κ3) is 3.60. The predicted octanol–water partition coefficient (Wildman–Crippen LogP) is 3.68. The molecule has 0 spiro atoms. The number of nitrogens with zero attached hydrogens (tertiary/aromatic N) is 7. The maximum Gasteiger partial charge on any atom is 0.407 e. The first kappa shape index (κ1) is 21.0. The van der Waals surface area contributed by atoms with Crippen molar-refractivity contribution in [1.29, 1.82) is 5.26 Å². The summed E-state index contributed by atoms with van der Waals surface area (Å²) in [5.41, 5.74) is 7.08. The van der Waals surface area contributed by atoms with E-state index in [0.717, 1.165) is 52.7 Å². The van der Waals surface area contributed by atoms with Crippen LogP contribution in [0, 0.1) is 17.2 Å². The summed E-state index contributed by atoms with van der Waals surface area (Å²) in [5, 5.41) is 26.8. The molecule has 2 aliphatic heterocycles. The fourth-order valence-electron chi connectivity index (χ4n) is 4.99. The minimum atomic E-state index is -0.888. The van der Waals surface area contributed by atoms with Crippen LogP contribution in [0.5, 0.6) is 0 Å². The van der Waals surface area contributed by atoms with E-state index >= 15 is 0 Å². The SMILES string of the molecule is CN(CC1CN(c2ccc3c(c2)Cn2cc(-c4ccc(C#N)cc4)cc2-c2nncn2-3)C1)C(=O)O. The van der Waals surface area contributed by atoms with E-state index in [0.29, 0.717) is 24.6 Å². The Labute approximate surface area is 202 Å². The summed E-state index contributed by atoms with van der Waals surface area (Å²) in [4.78, 5) is 14.7. The zero-order valence-electron chi connectivity index (χ0n) is 19.2. The topological polar surface area (TPSA) is 103 Å². The molecule has 0 atom stereocenters. The normalized spacial score (nSPS) is 14.2. The molecule has 9 nitrogen and oxygen atoms in total. The van der Waals surface area contributed by atoms with Gasteiger partial charge in [-0.1, -0.05) is 12.1 Å². The Morgan fingerprint density at radius 3 is 2.71 bits per heavy atom. The van der Waals surface area contributed by atoms with E-state index in [9.17, 15) is 4.79 Å². The maximum absolute atomic E-state index is 11.1. The minimum Gasteiger partial charge on any atom is -0.465 e. The Hall–Kier alpha value is -4.58. The number of hydrogen-bond acceptors (Lipinski definition) is 5. The molecule has 1 saturated heterocycles. The van der Waals surface area contributed by atoms with Crippen molar-refractivity contribution in [1.82, 2.24) is 24.2 Å². The van der Waals surface area contributed by atoms with Gasteiger partial charge in [-0.25, -0.2) is 4.79 Å². The molecule has 2 aromatic heterocycles. The van der Waals surface area contributed by atoms with Crippen LogP contribution in [0.25, 0.3) is 28.3 Å². The lowest BCUT2D eigenvalue weighted by Crippen LogP contribution is -2.51. The van der Waals surface area contributed by atoms with Crippen LogP contribution in [0.2, 0.25) is 0 Å². The van der Waals surface area contributed by atoms with Gasteiger partial charge in [0.15, 0.2) is 5.82 Å². The molecule has 1 N–H and O–H groups in total. The second kappa shape index (κ2) is 8.02. The minimum absolute atomic E-state index is 0.338. The summed E-state index contributed by atoms with van der Waals surface area (Å²) in [7, 11) is 1.62. The van der Waals surface area contributed by atoms with Crippen LogP contribution in [0.1, 0.15) is 11.1 Å². The Bertz CT molecular complexity index is 1470. The number of benzene rings is 2. The van der Waals surface area contributed by atoms with Crippen LogP contribution in [0.4, 0.5) is 10.5 Å². The number of anilines is 1. The lowest BCUT2D eigenvalue weighted by atomic mass is 9.98. The number of amides is 1. The average molecular weight is 466 g/mol. The summed E-state index contributed by atoms with van der Waals surface area (Å²) in [5.74, 6) is 1.13. The first-order valence-corrected chi connectivity index (χ1v) is 11.4. The molecule has 0 bridgehead atoms. The molecule has 0 unspecified atom stereocenters. The van der Waals surface area contributed by atoms with Gasteiger partial charge in [0.05, 0.1) is 23.0 Å². The average Bonchev–Trinajstić information content (AvgIpc) is 3.46. The van der Waals surface area contributed by atoms with Crippen molar-refractivity contribution in [3.63, 3.8) is 0 Å². The number of rotatable bonds is 4. The van der Waals surface area contributed by atoms with E-state index in [1.807, 2.05) is 28.8 Å². The molecule has 1 fully saturated rings. The van der Waals surface area contributed by atoms with Crippen LogP contribution in [-0.2, 0) is 6.54 Å². The van der Waals surface area contributed by atoms with E-state index in [1.54, 1.807) is 13.4 Å². The molecule has 2 aliphatic rings. The molecule has 0 aliphatic carbocycles. The molecule has 6 rings (SSSR count). The highest BCUT2D eigenvalue weighted by atomic mass is 16.4. The Morgan fingerprint density at radius 1 is 1.17 bits per heavy atom. The third-order valence-electron chi connectivity index (χ3n) is 6.86. The summed E-state index contributed by atoms with van der Waals surface area (Å²) in [6.45, 7) is 2.92. The number of hydrogen-bond donors (Lipinski definition) is 1. The number of carbonyl (C=O) groups is 1. The predicted molar refractivity (Wildman–Crippen MR) is 130 cm³/mol. The standard InChI is InChI=1S/C26H23N7O2/c1-30(26(34)35)11-18-12-31(13-18)22-6-7-23-21(8-22)15-32-14-20(19-4-2-17(10-27)3-5-19)9-24(32)25-29-28-16-33(23)25/h2-9,14,16,18H,11-13,15H2,1H3,(H,34,35). The van der Waals surface area contributed by atoms with E-state index in [4.69, 9.17) is 10.4 Å². The molecule has 2 aromatic carbocycles. The molecule has 174 valence electrons. The Balaban J connectivity index is 1.30. The van der Waals surface area contributed by atoms with Crippen molar-refractivity contribution in [2.24, 2.45) is 5.92 Å². The highest BCUT2D eigenvalue weighted by molar-refractivity contribution is 5.72. The maximum atomic E-state index is 11.1. The number of carboxylic acid groups (broad SMARTS) is 1. The highest BCUT2D eigenvalue weighted by Gasteiger charge is 2.30. The zero-order chi connectivity index (χ0) is 24.1. The largest absolute Gasteiger partial charge is 0.465 e. The van der Waals surface area contributed by atoms with Gasteiger partial charge >= 0.3 is 6.09 Å². The molecule has 0 saturated carbocycles. The zero-order valence-corrected chi connectivity index (χ0v) is 19.2. The van der Waals surface area contributed by atoms with Crippen molar-refractivity contribution in [3.05, 3.63) is 72.2 Å². The van der Waals surface area contributed by atoms with Crippen molar-refractivity contribution < 1.29 is 9.90 Å². The van der Waals surface area contributed by atoms with Crippen LogP contribution in [0.3, 0.4) is 0 Å². The van der Waals surface area contributed by atoms with Crippen molar-refractivity contribution in [3.8, 4) is 34.4 Å². The van der Waals surface area contributed by atoms with Gasteiger partial charge in [0.2, 0.25) is 0 Å². The van der Waals surface area contributed by atoms with E-state index in [-0.39, 0.29) is 0 Å². The second-order valence-corrected chi connectivity index (χ2v) is 9.20. The van der Waals surface area contributed by atoms with Crippen LogP contribution >= 0.6 is 0 Å². The summed E-state index contributed by atoms with van der Waals surface area (Å²) < 4.78 is 4.23. The molecular weight excluding hydrogens is 442 g/mol. The van der Waals surface area contributed by atoms with E-state index in [1.165, 1.54) is 4.90 Å². The van der Waals surface area contributed by atoms with Crippen LogP contribution < -0.4 is 4.90 Å². The van der Waals surface area contributed by atoms with Crippen molar-refractivity contribution in [2.45, 2.75) is 6.54 Å². The van der Waals surface area contributed by atoms with Gasteiger partial charge in [-0.3, -0.25) is 4.57 Å². The van der Waals surface area contributed by atoms with Gasteiger partial charge in [-0.05, 0) is 47.5 Å². The van der Waals surface area contributed by atoms with Gasteiger partial charge < -0.3 is 19.5 Å². The van der Waals surface area contributed by atoms with Crippen molar-refractivity contribution in [2.75, 3.05) is 31.6 Å². The lowest BCUT2D eigenvalue weighted by molar-refractivity contribution is 0.145. The molecular formula is C26H23N7O2. The number of aromatic nitrogens is 4. The van der Waals surface area contributed by atoms with Crippen LogP contribution in [0.15, 0.2) is 61.1 Å². The first-order chi connectivity index (χ1) is 17.0. The molecule has 4 heterocycles. The Morgan fingerprint density at radius 2 is 1.97 bits per heavy atom. The van der Waals surface area contributed by atoms with Gasteiger partial charge in [-0.2, -0.15) is 5.26 Å². The van der Waals surface area contributed by atoms with Gasteiger partial charge in [0, 0.05) is 56.6 Å². The first-order valence-electron chi connectivity index (χ1n) is 11.4. The van der Waals surface area contributed by atoms with Crippen molar-refractivity contribution >= 4 is 11.8 Å². The van der Waals surface area contributed by atoms with Gasteiger partial charge in [0.1, 0.15) is 6.33 Å². The molecule has 35 heavy (non-hydrogen) atoms. The monoisotopic (exact) mass is 465 g/mol. The lowest BCUT2D eigenvalue weighted by Gasteiger charge is -2.42. The van der Waals surface area contributed by atoms with E-state index in [2.05, 4.69) is 56.2 Å². The Kier molecular flexibility index (Phi) is 4.81. The fraction of sp³-hybridized carbons (Fsp3) is 0.231. The molecule has 0 radical (unpaired) electrons. The second-order valence-electron chi connectivity index (χ2n) is 9.20. The van der Waals surface area contributed by atoms with E-state index < -0.39 is 6.09 Å². The number of fused-ring (bicyclic) bond motifs is 5. The van der Waals surface area contributed by atoms with Crippen LogP contribution in [-0.4, -0.2) is 62.1 Å². The highest BCUT2D eigenvalue weighted by Crippen LogP contribution is 2.36.